The Bertz CT molecular complexity index is 432. The van der Waals surface area contributed by atoms with Gasteiger partial charge in [-0.15, -0.1) is 0 Å². The lowest BCUT2D eigenvalue weighted by Gasteiger charge is -2.22. The fraction of sp³-hybridized carbons (Fsp3) is 0.643. The molecule has 0 spiro atoms. The number of aliphatic hydroxyl groups is 1. The molecular weight excluding hydrogens is 242 g/mol. The van der Waals surface area contributed by atoms with Crippen LogP contribution < -0.4 is 11.1 Å². The predicted molar refractivity (Wildman–Crippen MR) is 76.9 cm³/mol. The minimum atomic E-state index is -0.536. The van der Waals surface area contributed by atoms with Gasteiger partial charge in [0.2, 0.25) is 0 Å². The maximum absolute atomic E-state index is 12.0. The fourth-order valence-electron chi connectivity index (χ4n) is 2.07. The Morgan fingerprint density at radius 3 is 2.68 bits per heavy atom. The summed E-state index contributed by atoms with van der Waals surface area (Å²) < 4.78 is 1.79. The standard InChI is InChI=1S/C14H25N3O2/c1-5-17-9-10(15)6-12(17)13(19)16-8-11(18)7-14(2,3)4/h6,9,11,18H,5,7-8,15H2,1-4H3,(H,16,19). The molecule has 1 heterocycles. The van der Waals surface area contributed by atoms with Crippen LogP contribution in [0.25, 0.3) is 0 Å². The van der Waals surface area contributed by atoms with Gasteiger partial charge < -0.3 is 20.7 Å². The van der Waals surface area contributed by atoms with Crippen molar-refractivity contribution in [1.29, 1.82) is 0 Å². The number of carbonyl (C=O) groups is 1. The molecule has 1 aromatic rings. The van der Waals surface area contributed by atoms with E-state index in [1.807, 2.05) is 6.92 Å². The van der Waals surface area contributed by atoms with Crippen molar-refractivity contribution in [2.24, 2.45) is 5.41 Å². The topological polar surface area (TPSA) is 80.3 Å². The number of amides is 1. The first-order valence-electron chi connectivity index (χ1n) is 6.65. The highest BCUT2D eigenvalue weighted by atomic mass is 16.3. The van der Waals surface area contributed by atoms with E-state index in [0.29, 0.717) is 24.3 Å². The number of carbonyl (C=O) groups excluding carboxylic acids is 1. The molecule has 0 aliphatic rings. The molecule has 5 heteroatoms. The van der Waals surface area contributed by atoms with E-state index in [-0.39, 0.29) is 17.9 Å². The highest BCUT2D eigenvalue weighted by Gasteiger charge is 2.18. The summed E-state index contributed by atoms with van der Waals surface area (Å²) in [6.07, 6.45) is 1.84. The first-order chi connectivity index (χ1) is 8.73. The van der Waals surface area contributed by atoms with Crippen molar-refractivity contribution < 1.29 is 9.90 Å². The average Bonchev–Trinajstić information content (AvgIpc) is 2.65. The number of anilines is 1. The second kappa shape index (κ2) is 6.10. The Labute approximate surface area is 114 Å². The van der Waals surface area contributed by atoms with Crippen LogP contribution in [0.3, 0.4) is 0 Å². The monoisotopic (exact) mass is 267 g/mol. The van der Waals surface area contributed by atoms with Gasteiger partial charge in [0.1, 0.15) is 5.69 Å². The second-order valence-corrected chi connectivity index (χ2v) is 6.07. The van der Waals surface area contributed by atoms with E-state index in [9.17, 15) is 9.90 Å². The summed E-state index contributed by atoms with van der Waals surface area (Å²) in [6.45, 7) is 9.06. The maximum atomic E-state index is 12.0. The number of aryl methyl sites for hydroxylation is 1. The lowest BCUT2D eigenvalue weighted by molar-refractivity contribution is 0.0860. The smallest absolute Gasteiger partial charge is 0.268 e. The molecule has 0 aromatic carbocycles. The van der Waals surface area contributed by atoms with E-state index in [1.165, 1.54) is 0 Å². The normalized spacial score (nSPS) is 13.3. The predicted octanol–water partition coefficient (Wildman–Crippen LogP) is 1.62. The number of aromatic nitrogens is 1. The van der Waals surface area contributed by atoms with Gasteiger partial charge in [0.15, 0.2) is 0 Å². The van der Waals surface area contributed by atoms with Gasteiger partial charge in [0, 0.05) is 19.3 Å². The van der Waals surface area contributed by atoms with Crippen molar-refractivity contribution in [3.05, 3.63) is 18.0 Å². The van der Waals surface area contributed by atoms with Gasteiger partial charge in [-0.2, -0.15) is 0 Å². The van der Waals surface area contributed by atoms with Gasteiger partial charge in [-0.3, -0.25) is 4.79 Å². The summed E-state index contributed by atoms with van der Waals surface area (Å²) >= 11 is 0. The highest BCUT2D eigenvalue weighted by Crippen LogP contribution is 2.20. The minimum absolute atomic E-state index is 0.0399. The average molecular weight is 267 g/mol. The van der Waals surface area contributed by atoms with Crippen molar-refractivity contribution in [2.45, 2.75) is 46.8 Å². The summed E-state index contributed by atoms with van der Waals surface area (Å²) in [7, 11) is 0. The number of aliphatic hydroxyl groups excluding tert-OH is 1. The number of hydrogen-bond donors (Lipinski definition) is 3. The quantitative estimate of drug-likeness (QED) is 0.758. The van der Waals surface area contributed by atoms with Crippen molar-refractivity contribution in [2.75, 3.05) is 12.3 Å². The van der Waals surface area contributed by atoms with E-state index >= 15 is 0 Å². The van der Waals surface area contributed by atoms with Gasteiger partial charge in [0.05, 0.1) is 11.8 Å². The zero-order valence-electron chi connectivity index (χ0n) is 12.2. The number of rotatable bonds is 5. The van der Waals surface area contributed by atoms with E-state index in [1.54, 1.807) is 16.8 Å². The number of nitrogens with zero attached hydrogens (tertiary/aromatic N) is 1. The fourth-order valence-corrected chi connectivity index (χ4v) is 2.07. The third kappa shape index (κ3) is 4.95. The van der Waals surface area contributed by atoms with Crippen LogP contribution in [0.2, 0.25) is 0 Å². The van der Waals surface area contributed by atoms with Crippen LogP contribution in [0.5, 0.6) is 0 Å². The Balaban J connectivity index is 2.56. The first-order valence-corrected chi connectivity index (χ1v) is 6.65. The van der Waals surface area contributed by atoms with Gasteiger partial charge in [0.25, 0.3) is 5.91 Å². The summed E-state index contributed by atoms with van der Waals surface area (Å²) in [6, 6.07) is 1.65. The molecule has 0 saturated heterocycles. The van der Waals surface area contributed by atoms with E-state index < -0.39 is 6.10 Å². The van der Waals surface area contributed by atoms with Crippen LogP contribution in [-0.4, -0.2) is 28.2 Å². The molecular formula is C14H25N3O2. The van der Waals surface area contributed by atoms with E-state index in [0.717, 1.165) is 0 Å². The SMILES string of the molecule is CCn1cc(N)cc1C(=O)NCC(O)CC(C)(C)C. The molecule has 1 aromatic heterocycles. The highest BCUT2D eigenvalue weighted by molar-refractivity contribution is 5.93. The van der Waals surface area contributed by atoms with Gasteiger partial charge >= 0.3 is 0 Å². The Hall–Kier alpha value is -1.49. The molecule has 0 bridgehead atoms. The zero-order valence-corrected chi connectivity index (χ0v) is 12.2. The van der Waals surface area contributed by atoms with Gasteiger partial charge in [-0.05, 0) is 24.8 Å². The lowest BCUT2D eigenvalue weighted by Crippen LogP contribution is -2.35. The van der Waals surface area contributed by atoms with Crippen LogP contribution in [0.4, 0.5) is 5.69 Å². The van der Waals surface area contributed by atoms with Gasteiger partial charge in [-0.25, -0.2) is 0 Å². The van der Waals surface area contributed by atoms with Crippen LogP contribution in [0.1, 0.15) is 44.6 Å². The molecule has 1 atom stereocenters. The molecule has 0 radical (unpaired) electrons. The van der Waals surface area contributed by atoms with Crippen molar-refractivity contribution in [3.8, 4) is 0 Å². The molecule has 0 aliphatic heterocycles. The first kappa shape index (κ1) is 15.6. The van der Waals surface area contributed by atoms with Crippen molar-refractivity contribution >= 4 is 11.6 Å². The number of nitrogens with two attached hydrogens (primary N) is 1. The third-order valence-electron chi connectivity index (χ3n) is 2.84. The Morgan fingerprint density at radius 1 is 1.53 bits per heavy atom. The molecule has 0 saturated carbocycles. The van der Waals surface area contributed by atoms with Gasteiger partial charge in [-0.1, -0.05) is 20.8 Å². The Kier molecular flexibility index (Phi) is 5.00. The molecule has 1 unspecified atom stereocenters. The van der Waals surface area contributed by atoms with E-state index in [2.05, 4.69) is 26.1 Å². The van der Waals surface area contributed by atoms with E-state index in [4.69, 9.17) is 5.73 Å². The third-order valence-corrected chi connectivity index (χ3v) is 2.84. The number of nitrogens with one attached hydrogen (secondary N) is 1. The molecule has 1 rings (SSSR count). The van der Waals surface area contributed by atoms with Crippen LogP contribution in [-0.2, 0) is 6.54 Å². The molecule has 0 aliphatic carbocycles. The summed E-state index contributed by atoms with van der Waals surface area (Å²) in [4.78, 5) is 12.0. The van der Waals surface area contributed by atoms with Crippen LogP contribution >= 0.6 is 0 Å². The minimum Gasteiger partial charge on any atom is -0.397 e. The summed E-state index contributed by atoms with van der Waals surface area (Å²) in [5, 5.41) is 12.6. The zero-order chi connectivity index (χ0) is 14.6. The van der Waals surface area contributed by atoms with Crippen LogP contribution in [0, 0.1) is 5.41 Å². The summed E-state index contributed by atoms with van der Waals surface area (Å²) in [5.41, 5.74) is 6.82. The molecule has 19 heavy (non-hydrogen) atoms. The number of nitrogen functional groups attached to an aromatic ring is 1. The Morgan fingerprint density at radius 2 is 2.16 bits per heavy atom. The van der Waals surface area contributed by atoms with Crippen molar-refractivity contribution in [1.82, 2.24) is 9.88 Å². The molecule has 5 nitrogen and oxygen atoms in total. The summed E-state index contributed by atoms with van der Waals surface area (Å²) in [5.74, 6) is -0.202. The van der Waals surface area contributed by atoms with Crippen molar-refractivity contribution in [3.63, 3.8) is 0 Å². The molecule has 1 amide bonds. The second-order valence-electron chi connectivity index (χ2n) is 6.07. The van der Waals surface area contributed by atoms with Crippen LogP contribution in [0.15, 0.2) is 12.3 Å². The molecule has 4 N–H and O–H groups in total. The molecule has 0 fully saturated rings. The molecule has 108 valence electrons. The lowest BCUT2D eigenvalue weighted by atomic mass is 9.89. The largest absolute Gasteiger partial charge is 0.397 e. The maximum Gasteiger partial charge on any atom is 0.268 e. The number of hydrogen-bond acceptors (Lipinski definition) is 3.